The molecule has 0 spiro atoms. The molecule has 582 valence electrons. The van der Waals surface area contributed by atoms with Gasteiger partial charge >= 0.3 is 33.6 Å². The van der Waals surface area contributed by atoms with Crippen molar-refractivity contribution in [1.29, 1.82) is 0 Å². The van der Waals surface area contributed by atoms with Gasteiger partial charge in [-0.15, -0.1) is 0 Å². The number of allylic oxidation sites excluding steroid dienone is 32. The predicted molar refractivity (Wildman–Crippen MR) is 426 cm³/mol. The molecule has 0 amide bonds. The molecule has 16 nitrogen and oxygen atoms in total. The van der Waals surface area contributed by atoms with Crippen LogP contribution in [-0.2, 0) is 55.8 Å². The molecule has 18 heteroatoms. The van der Waals surface area contributed by atoms with E-state index in [1.807, 2.05) is 12.2 Å². The van der Waals surface area contributed by atoms with Gasteiger partial charge in [0.2, 0.25) is 0 Å². The smallest absolute Gasteiger partial charge is 0.463 e. The monoisotopic (exact) mass is 1470 g/mol. The first kappa shape index (κ1) is 97.4. The first-order valence-electron chi connectivity index (χ1n) is 38.7. The summed E-state index contributed by atoms with van der Waals surface area (Å²) in [5, 5.41) is 20.6. The molecule has 0 radical (unpaired) electrons. The lowest BCUT2D eigenvalue weighted by Crippen LogP contribution is -2.30. The summed E-state index contributed by atoms with van der Waals surface area (Å²) >= 11 is 0. The lowest BCUT2D eigenvalue weighted by atomic mass is 10.0. The fourth-order valence-electron chi connectivity index (χ4n) is 9.52. The molecule has 5 unspecified atom stereocenters. The number of esters is 3. The van der Waals surface area contributed by atoms with Crippen LogP contribution in [0.4, 0.5) is 0 Å². The zero-order valence-electron chi connectivity index (χ0n) is 63.4. The zero-order valence-corrected chi connectivity index (χ0v) is 65.2. The maximum Gasteiger partial charge on any atom is 0.472 e. The summed E-state index contributed by atoms with van der Waals surface area (Å²) in [5.74, 6) is -1.70. The van der Waals surface area contributed by atoms with E-state index >= 15 is 0 Å². The summed E-state index contributed by atoms with van der Waals surface area (Å²) in [4.78, 5) is 58.6. The lowest BCUT2D eigenvalue weighted by molar-refractivity contribution is -0.161. The van der Waals surface area contributed by atoms with E-state index in [1.165, 1.54) is 51.4 Å². The van der Waals surface area contributed by atoms with Gasteiger partial charge in [-0.25, -0.2) is 9.13 Å². The van der Waals surface area contributed by atoms with Crippen LogP contribution in [0, 0.1) is 0 Å². The largest absolute Gasteiger partial charge is 0.472 e. The number of carbonyl (C=O) groups excluding carboxylic acids is 3. The molecular weight excluding hydrogens is 1340 g/mol. The van der Waals surface area contributed by atoms with Crippen molar-refractivity contribution in [3.8, 4) is 0 Å². The Labute approximate surface area is 623 Å². The van der Waals surface area contributed by atoms with Crippen molar-refractivity contribution in [3.63, 3.8) is 0 Å². The lowest BCUT2D eigenvalue weighted by Gasteiger charge is -2.21. The highest BCUT2D eigenvalue weighted by Crippen LogP contribution is 2.45. The Kier molecular flexibility index (Phi) is 71.9. The molecule has 0 aliphatic heterocycles. The average Bonchev–Trinajstić information content (AvgIpc) is 0.915. The summed E-state index contributed by atoms with van der Waals surface area (Å²) in [7, 11) is -9.83. The third-order valence-corrected chi connectivity index (χ3v) is 17.2. The van der Waals surface area contributed by atoms with Crippen LogP contribution in [0.1, 0.15) is 265 Å². The number of hydrogen-bond donors (Lipinski definition) is 4. The first-order chi connectivity index (χ1) is 50.2. The standard InChI is InChI=1S/C85H136O16P2/c1-4-7-10-13-16-19-22-25-28-31-33-34-35-36-37-38-39-40-41-42-43-44-46-49-50-53-56-59-62-65-68-71-83(88)95-74-80(86)75-97-102(91,92)98-76-81(87)77-99-103(93,94)100-79-82(101-85(90)73-70-67-64-61-58-55-52-47-30-27-24-21-18-15-12-9-6-3)78-96-84(89)72-69-66-63-60-57-54-51-48-45-32-29-26-23-20-17-14-11-8-5-2/h7-12,16-21,25-30,33-34,36-37,39-40,45,48,52,54-55,57,61,64,80-82,86-87H,4-6,13-15,22-24,31-32,35,38,41-44,46-47,49-51,53,56,58-60,62-63,65-79H2,1-3H3,(H,91,92)(H,93,94)/b10-7-,11-8-,12-9-,19-16-,20-17-,21-18-,28-25-,29-26-,30-27-,34-33-,37-36-,40-39-,48-45-,55-52-,57-54-,64-61-. The zero-order chi connectivity index (χ0) is 75.2. The van der Waals surface area contributed by atoms with E-state index in [0.29, 0.717) is 25.7 Å². The van der Waals surface area contributed by atoms with Crippen LogP contribution in [0.3, 0.4) is 0 Å². The second kappa shape index (κ2) is 76.1. The predicted octanol–water partition coefficient (Wildman–Crippen LogP) is 22.8. The van der Waals surface area contributed by atoms with Gasteiger partial charge in [-0.2, -0.15) is 0 Å². The highest BCUT2D eigenvalue weighted by molar-refractivity contribution is 7.47. The second-order valence-electron chi connectivity index (χ2n) is 25.0. The van der Waals surface area contributed by atoms with Crippen LogP contribution < -0.4 is 0 Å². The number of ether oxygens (including phenoxy) is 3. The molecule has 5 atom stereocenters. The minimum Gasteiger partial charge on any atom is -0.463 e. The van der Waals surface area contributed by atoms with Gasteiger partial charge in [0, 0.05) is 19.3 Å². The van der Waals surface area contributed by atoms with Crippen LogP contribution in [0.5, 0.6) is 0 Å². The fraction of sp³-hybridized carbons (Fsp3) is 0.588. The van der Waals surface area contributed by atoms with E-state index in [-0.39, 0.29) is 19.3 Å². The Morgan fingerprint density at radius 2 is 0.495 bits per heavy atom. The Balaban J connectivity index is 4.61. The topological polar surface area (TPSA) is 231 Å². The van der Waals surface area contributed by atoms with E-state index in [1.54, 1.807) is 0 Å². The van der Waals surface area contributed by atoms with Gasteiger partial charge in [-0.05, 0) is 154 Å². The molecule has 0 rings (SSSR count). The number of aliphatic hydroxyl groups excluding tert-OH is 2. The quantitative estimate of drug-likeness (QED) is 0.0146. The second-order valence-corrected chi connectivity index (χ2v) is 27.9. The van der Waals surface area contributed by atoms with Crippen LogP contribution in [0.15, 0.2) is 194 Å². The minimum absolute atomic E-state index is 0.0111. The number of carbonyl (C=O) groups is 3. The maximum absolute atomic E-state index is 12.9. The summed E-state index contributed by atoms with van der Waals surface area (Å²) in [6.07, 6.45) is 99.2. The van der Waals surface area contributed by atoms with Crippen molar-refractivity contribution in [2.24, 2.45) is 0 Å². The molecular formula is C85H136O16P2. The van der Waals surface area contributed by atoms with Crippen LogP contribution in [-0.4, -0.2) is 95.9 Å². The number of unbranched alkanes of at least 4 members (excludes halogenated alkanes) is 16. The third kappa shape index (κ3) is 77.3. The summed E-state index contributed by atoms with van der Waals surface area (Å²) in [6.45, 7) is 2.20. The van der Waals surface area contributed by atoms with E-state index in [9.17, 15) is 43.5 Å². The number of rotatable bonds is 71. The van der Waals surface area contributed by atoms with Gasteiger partial charge in [0.05, 0.1) is 26.4 Å². The van der Waals surface area contributed by atoms with Gasteiger partial charge < -0.3 is 34.2 Å². The molecule has 0 saturated carbocycles. The summed E-state index contributed by atoms with van der Waals surface area (Å²) in [5.41, 5.74) is 0. The summed E-state index contributed by atoms with van der Waals surface area (Å²) < 4.78 is 61.0. The Morgan fingerprint density at radius 1 is 0.272 bits per heavy atom. The highest BCUT2D eigenvalue weighted by Gasteiger charge is 2.29. The molecule has 103 heavy (non-hydrogen) atoms. The first-order valence-corrected chi connectivity index (χ1v) is 41.7. The van der Waals surface area contributed by atoms with Crippen molar-refractivity contribution in [1.82, 2.24) is 0 Å². The molecule has 0 saturated heterocycles. The van der Waals surface area contributed by atoms with Crippen molar-refractivity contribution in [3.05, 3.63) is 194 Å². The molecule has 0 aliphatic carbocycles. The van der Waals surface area contributed by atoms with Crippen molar-refractivity contribution < 1.29 is 75.8 Å². The number of aliphatic hydroxyl groups is 2. The van der Waals surface area contributed by atoms with Gasteiger partial charge in [0.1, 0.15) is 25.4 Å². The fourth-order valence-corrected chi connectivity index (χ4v) is 11.1. The summed E-state index contributed by atoms with van der Waals surface area (Å²) in [6, 6.07) is 0. The van der Waals surface area contributed by atoms with Gasteiger partial charge in [-0.1, -0.05) is 286 Å². The Hall–Kier alpha value is -5.61. The molecule has 0 bridgehead atoms. The number of phosphoric ester groups is 2. The normalized spacial score (nSPS) is 15.1. The molecule has 0 aromatic carbocycles. The minimum atomic E-state index is -4.96. The Morgan fingerprint density at radius 3 is 0.806 bits per heavy atom. The van der Waals surface area contributed by atoms with Crippen molar-refractivity contribution in [2.45, 2.75) is 283 Å². The van der Waals surface area contributed by atoms with Crippen LogP contribution in [0.2, 0.25) is 0 Å². The average molecular weight is 1480 g/mol. The van der Waals surface area contributed by atoms with Gasteiger partial charge in [-0.3, -0.25) is 32.5 Å². The van der Waals surface area contributed by atoms with Crippen LogP contribution >= 0.6 is 15.6 Å². The molecule has 0 aromatic heterocycles. The van der Waals surface area contributed by atoms with E-state index in [2.05, 4.69) is 203 Å². The maximum atomic E-state index is 12.9. The van der Waals surface area contributed by atoms with E-state index < -0.39 is 91.5 Å². The van der Waals surface area contributed by atoms with Gasteiger partial charge in [0.25, 0.3) is 0 Å². The molecule has 0 aliphatic rings. The van der Waals surface area contributed by atoms with Crippen molar-refractivity contribution >= 4 is 33.6 Å². The van der Waals surface area contributed by atoms with Gasteiger partial charge in [0.15, 0.2) is 6.10 Å². The Bertz CT molecular complexity index is 2650. The molecule has 4 N–H and O–H groups in total. The van der Waals surface area contributed by atoms with Crippen molar-refractivity contribution in [2.75, 3.05) is 39.6 Å². The number of hydrogen-bond acceptors (Lipinski definition) is 14. The molecule has 0 aromatic rings. The SMILES string of the molecule is CC/C=C\C/C=C\C/C=C\C/C=C\C/C=C\C/C=C\CCCCCCCCCCCCCCC(=O)OCC(O)COP(=O)(O)OCC(O)COP(=O)(O)OCC(COC(=O)CCCCC/C=C\C/C=C\C/C=C\C/C=C\C/C=C\CC)OC(=O)CCC/C=C\C/C=C\C/C=C\C/C=C\C/C=C\CC. The van der Waals surface area contributed by atoms with E-state index in [4.69, 9.17) is 32.3 Å². The highest BCUT2D eigenvalue weighted by atomic mass is 31.2. The molecule has 0 fully saturated rings. The van der Waals surface area contributed by atoms with E-state index in [0.717, 1.165) is 148 Å². The third-order valence-electron chi connectivity index (χ3n) is 15.3. The van der Waals surface area contributed by atoms with Crippen LogP contribution in [0.25, 0.3) is 0 Å². The number of phosphoric acid groups is 2. The molecule has 0 heterocycles.